The van der Waals surface area contributed by atoms with Crippen molar-refractivity contribution in [3.63, 3.8) is 0 Å². The number of benzene rings is 1. The van der Waals surface area contributed by atoms with Crippen LogP contribution in [0.25, 0.3) is 0 Å². The maximum atomic E-state index is 13.4. The Hall–Kier alpha value is -1.05. The Balaban J connectivity index is 3.17. The van der Waals surface area contributed by atoms with Crippen LogP contribution in [0.3, 0.4) is 0 Å². The lowest BCUT2D eigenvalue weighted by Crippen LogP contribution is -2.37. The normalized spacial score (nSPS) is 14.0. The number of halogens is 2. The van der Waals surface area contributed by atoms with Crippen molar-refractivity contribution in [2.45, 2.75) is 17.9 Å². The molecule has 0 heterocycles. The molecule has 96 valence electrons. The number of nitrogens with two attached hydrogens (primary N) is 1. The highest BCUT2D eigenvalue weighted by atomic mass is 32.2. The average molecular weight is 264 g/mol. The summed E-state index contributed by atoms with van der Waals surface area (Å²) in [7, 11) is -2.78. The fourth-order valence-electron chi connectivity index (χ4n) is 1.35. The van der Waals surface area contributed by atoms with Crippen molar-refractivity contribution in [1.82, 2.24) is 4.31 Å². The van der Waals surface area contributed by atoms with Crippen molar-refractivity contribution in [1.29, 1.82) is 0 Å². The molecule has 2 N–H and O–H groups in total. The number of likely N-dealkylation sites (N-methyl/N-ethyl adjacent to an activating group) is 1. The molecular weight excluding hydrogens is 250 g/mol. The van der Waals surface area contributed by atoms with E-state index in [0.29, 0.717) is 6.07 Å². The van der Waals surface area contributed by atoms with Gasteiger partial charge in [0.25, 0.3) is 0 Å². The van der Waals surface area contributed by atoms with E-state index in [2.05, 4.69) is 0 Å². The summed E-state index contributed by atoms with van der Waals surface area (Å²) in [6, 6.07) is 1.90. The van der Waals surface area contributed by atoms with Gasteiger partial charge in [-0.3, -0.25) is 0 Å². The van der Waals surface area contributed by atoms with Gasteiger partial charge >= 0.3 is 0 Å². The van der Waals surface area contributed by atoms with Gasteiger partial charge in [-0.05, 0) is 25.1 Å². The van der Waals surface area contributed by atoms with Crippen molar-refractivity contribution in [3.8, 4) is 0 Å². The first-order valence-electron chi connectivity index (χ1n) is 4.92. The predicted octanol–water partition coefficient (Wildman–Crippen LogP) is 0.932. The Morgan fingerprint density at radius 2 is 2.00 bits per heavy atom. The molecule has 0 radical (unpaired) electrons. The van der Waals surface area contributed by atoms with Crippen LogP contribution in [0.1, 0.15) is 6.92 Å². The smallest absolute Gasteiger partial charge is 0.245 e. The molecule has 0 saturated carbocycles. The summed E-state index contributed by atoms with van der Waals surface area (Å²) < 4.78 is 51.0. The number of nitrogens with zero attached hydrogens (tertiary/aromatic N) is 1. The molecule has 1 aromatic rings. The van der Waals surface area contributed by atoms with Gasteiger partial charge in [0.05, 0.1) is 0 Å². The van der Waals surface area contributed by atoms with Gasteiger partial charge in [0.15, 0.2) is 0 Å². The van der Waals surface area contributed by atoms with Gasteiger partial charge in [-0.2, -0.15) is 4.31 Å². The minimum Gasteiger partial charge on any atom is -0.327 e. The molecule has 0 aliphatic heterocycles. The highest BCUT2D eigenvalue weighted by Gasteiger charge is 2.25. The second kappa shape index (κ2) is 5.07. The van der Waals surface area contributed by atoms with Crippen molar-refractivity contribution >= 4 is 10.0 Å². The third-order valence-corrected chi connectivity index (χ3v) is 3.96. The number of hydrogen-bond donors (Lipinski definition) is 1. The van der Waals surface area contributed by atoms with Crippen molar-refractivity contribution < 1.29 is 17.2 Å². The van der Waals surface area contributed by atoms with E-state index in [9.17, 15) is 17.2 Å². The molecule has 0 spiro atoms. The van der Waals surface area contributed by atoms with Crippen LogP contribution in [0.4, 0.5) is 8.78 Å². The molecule has 0 aliphatic carbocycles. The molecule has 1 aromatic carbocycles. The Morgan fingerprint density at radius 1 is 1.41 bits per heavy atom. The van der Waals surface area contributed by atoms with Crippen LogP contribution in [-0.2, 0) is 10.0 Å². The van der Waals surface area contributed by atoms with Gasteiger partial charge in [-0.25, -0.2) is 17.2 Å². The van der Waals surface area contributed by atoms with E-state index in [-0.39, 0.29) is 6.54 Å². The van der Waals surface area contributed by atoms with Gasteiger partial charge in [-0.15, -0.1) is 0 Å². The molecule has 7 heteroatoms. The van der Waals surface area contributed by atoms with Crippen LogP contribution in [0.5, 0.6) is 0 Å². The standard InChI is InChI=1S/C10H14F2N2O2S/c1-7(13)6-14(2)17(15,16)10-5-8(11)3-4-9(10)12/h3-5,7H,6,13H2,1-2H3. The summed E-state index contributed by atoms with van der Waals surface area (Å²) in [4.78, 5) is -0.680. The van der Waals surface area contributed by atoms with Crippen LogP contribution < -0.4 is 5.73 Å². The predicted molar refractivity (Wildman–Crippen MR) is 59.8 cm³/mol. The van der Waals surface area contributed by atoms with Crippen molar-refractivity contribution in [2.24, 2.45) is 5.73 Å². The second-order valence-electron chi connectivity index (χ2n) is 3.84. The molecule has 0 amide bonds. The minimum absolute atomic E-state index is 0.0261. The SMILES string of the molecule is CC(N)CN(C)S(=O)(=O)c1cc(F)ccc1F. The fourth-order valence-corrected chi connectivity index (χ4v) is 2.69. The number of sulfonamides is 1. The summed E-state index contributed by atoms with van der Waals surface area (Å²) in [5, 5.41) is 0. The Kier molecular flexibility index (Phi) is 4.18. The molecule has 0 fully saturated rings. The van der Waals surface area contributed by atoms with E-state index in [4.69, 9.17) is 5.73 Å². The van der Waals surface area contributed by atoms with Crippen LogP contribution >= 0.6 is 0 Å². The molecule has 0 bridgehead atoms. The summed E-state index contributed by atoms with van der Waals surface area (Å²) in [6.07, 6.45) is 0. The molecule has 17 heavy (non-hydrogen) atoms. The van der Waals surface area contributed by atoms with Gasteiger partial charge < -0.3 is 5.73 Å². The Labute approximate surface area is 99.1 Å². The molecule has 0 saturated heterocycles. The van der Waals surface area contributed by atoms with Gasteiger partial charge in [0.1, 0.15) is 16.5 Å². The summed E-state index contributed by atoms with van der Waals surface area (Å²) in [5.74, 6) is -1.79. The zero-order valence-electron chi connectivity index (χ0n) is 9.52. The molecule has 1 rings (SSSR count). The third kappa shape index (κ3) is 3.21. The monoisotopic (exact) mass is 264 g/mol. The summed E-state index contributed by atoms with van der Waals surface area (Å²) >= 11 is 0. The molecule has 0 aromatic heterocycles. The summed E-state index contributed by atoms with van der Waals surface area (Å²) in [6.45, 7) is 1.65. The fraction of sp³-hybridized carbons (Fsp3) is 0.400. The first-order chi connectivity index (χ1) is 7.75. The third-order valence-electron chi connectivity index (χ3n) is 2.13. The van der Waals surface area contributed by atoms with Gasteiger partial charge in [-0.1, -0.05) is 0 Å². The topological polar surface area (TPSA) is 63.4 Å². The van der Waals surface area contributed by atoms with Gasteiger partial charge in [0.2, 0.25) is 10.0 Å². The average Bonchev–Trinajstić information content (AvgIpc) is 2.20. The maximum absolute atomic E-state index is 13.4. The Bertz CT molecular complexity index is 503. The van der Waals surface area contributed by atoms with Crippen molar-refractivity contribution in [3.05, 3.63) is 29.8 Å². The Morgan fingerprint density at radius 3 is 2.53 bits per heavy atom. The first-order valence-corrected chi connectivity index (χ1v) is 6.36. The number of hydrogen-bond acceptors (Lipinski definition) is 3. The van der Waals surface area contributed by atoms with E-state index >= 15 is 0 Å². The van der Waals surface area contributed by atoms with E-state index in [1.54, 1.807) is 6.92 Å². The maximum Gasteiger partial charge on any atom is 0.245 e. The molecule has 4 nitrogen and oxygen atoms in total. The highest BCUT2D eigenvalue weighted by Crippen LogP contribution is 2.19. The second-order valence-corrected chi connectivity index (χ2v) is 5.85. The van der Waals surface area contributed by atoms with Gasteiger partial charge in [0, 0.05) is 19.6 Å². The quantitative estimate of drug-likeness (QED) is 0.880. The lowest BCUT2D eigenvalue weighted by molar-refractivity contribution is 0.439. The van der Waals surface area contributed by atoms with E-state index in [1.807, 2.05) is 0 Å². The lowest BCUT2D eigenvalue weighted by atomic mass is 10.3. The molecule has 1 unspecified atom stereocenters. The van der Waals surface area contributed by atoms with E-state index in [1.165, 1.54) is 7.05 Å². The van der Waals surface area contributed by atoms with E-state index in [0.717, 1.165) is 16.4 Å². The largest absolute Gasteiger partial charge is 0.327 e. The van der Waals surface area contributed by atoms with Crippen LogP contribution in [0, 0.1) is 11.6 Å². The highest BCUT2D eigenvalue weighted by molar-refractivity contribution is 7.89. The molecule has 0 aliphatic rings. The van der Waals surface area contributed by atoms with Crippen LogP contribution in [-0.4, -0.2) is 32.4 Å². The zero-order chi connectivity index (χ0) is 13.2. The van der Waals surface area contributed by atoms with Crippen LogP contribution in [0.15, 0.2) is 23.1 Å². The van der Waals surface area contributed by atoms with E-state index < -0.39 is 32.6 Å². The number of rotatable bonds is 4. The summed E-state index contributed by atoms with van der Waals surface area (Å²) in [5.41, 5.74) is 5.46. The minimum atomic E-state index is -4.05. The lowest BCUT2D eigenvalue weighted by Gasteiger charge is -2.19. The molecular formula is C10H14F2N2O2S. The van der Waals surface area contributed by atoms with Crippen LogP contribution in [0.2, 0.25) is 0 Å². The van der Waals surface area contributed by atoms with Crippen molar-refractivity contribution in [2.75, 3.05) is 13.6 Å². The first kappa shape index (κ1) is 14.0. The zero-order valence-corrected chi connectivity index (χ0v) is 10.3. The molecule has 1 atom stereocenters.